The predicted molar refractivity (Wildman–Crippen MR) is 82.0 cm³/mol. The molecule has 0 saturated carbocycles. The van der Waals surface area contributed by atoms with Crippen LogP contribution in [0.25, 0.3) is 0 Å². The Hall–Kier alpha value is -1.27. The minimum absolute atomic E-state index is 0.0909. The first-order valence-electron chi connectivity index (χ1n) is 6.87. The summed E-state index contributed by atoms with van der Waals surface area (Å²) in [5.41, 5.74) is 1.44. The van der Waals surface area contributed by atoms with Gasteiger partial charge in [-0.25, -0.2) is 8.78 Å². The zero-order valence-electron chi connectivity index (χ0n) is 12.0. The topological polar surface area (TPSA) is 29.9 Å². The van der Waals surface area contributed by atoms with Gasteiger partial charge in [-0.2, -0.15) is 5.10 Å². The lowest BCUT2D eigenvalue weighted by Crippen LogP contribution is -2.26. The van der Waals surface area contributed by atoms with E-state index in [0.29, 0.717) is 12.0 Å². The van der Waals surface area contributed by atoms with Gasteiger partial charge in [0.1, 0.15) is 11.6 Å². The molecule has 1 atom stereocenters. The van der Waals surface area contributed by atoms with Crippen LogP contribution < -0.4 is 5.32 Å². The van der Waals surface area contributed by atoms with Gasteiger partial charge in [0, 0.05) is 13.1 Å². The zero-order chi connectivity index (χ0) is 15.4. The van der Waals surface area contributed by atoms with Gasteiger partial charge < -0.3 is 5.32 Å². The van der Waals surface area contributed by atoms with Crippen molar-refractivity contribution in [2.45, 2.75) is 25.8 Å². The Morgan fingerprint density at radius 2 is 2.14 bits per heavy atom. The minimum atomic E-state index is -0.559. The van der Waals surface area contributed by atoms with Gasteiger partial charge in [0.25, 0.3) is 0 Å². The summed E-state index contributed by atoms with van der Waals surface area (Å²) in [4.78, 5) is 0. The number of halogens is 3. The molecule has 0 aliphatic heterocycles. The summed E-state index contributed by atoms with van der Waals surface area (Å²) in [6.07, 6.45) is 3.12. The molecule has 6 heteroatoms. The quantitative estimate of drug-likeness (QED) is 0.853. The Balaban J connectivity index is 2.28. The van der Waals surface area contributed by atoms with E-state index in [0.717, 1.165) is 29.2 Å². The average Bonchev–Trinajstić information content (AvgIpc) is 2.77. The van der Waals surface area contributed by atoms with Gasteiger partial charge in [-0.05, 0) is 46.9 Å². The van der Waals surface area contributed by atoms with E-state index in [1.54, 1.807) is 10.9 Å². The molecule has 0 fully saturated rings. The van der Waals surface area contributed by atoms with Crippen molar-refractivity contribution in [2.24, 2.45) is 7.05 Å². The Morgan fingerprint density at radius 1 is 1.38 bits per heavy atom. The first kappa shape index (κ1) is 16.1. The number of rotatable bonds is 6. The van der Waals surface area contributed by atoms with E-state index in [4.69, 9.17) is 0 Å². The van der Waals surface area contributed by atoms with Crippen LogP contribution >= 0.6 is 15.9 Å². The molecule has 1 unspecified atom stereocenters. The van der Waals surface area contributed by atoms with Crippen LogP contribution in [0.15, 0.2) is 28.9 Å². The van der Waals surface area contributed by atoms with E-state index in [9.17, 15) is 8.78 Å². The van der Waals surface area contributed by atoms with Crippen molar-refractivity contribution in [3.05, 3.63) is 51.8 Å². The normalized spacial score (nSPS) is 12.6. The Morgan fingerprint density at radius 3 is 2.71 bits per heavy atom. The lowest BCUT2D eigenvalue weighted by atomic mass is 10.0. The smallest absolute Gasteiger partial charge is 0.129 e. The molecule has 2 aromatic rings. The van der Waals surface area contributed by atoms with Gasteiger partial charge in [0.2, 0.25) is 0 Å². The monoisotopic (exact) mass is 357 g/mol. The van der Waals surface area contributed by atoms with Crippen LogP contribution in [0.5, 0.6) is 0 Å². The summed E-state index contributed by atoms with van der Waals surface area (Å²) in [7, 11) is 1.85. The molecule has 0 amide bonds. The van der Waals surface area contributed by atoms with Crippen LogP contribution in [0.4, 0.5) is 8.78 Å². The highest BCUT2D eigenvalue weighted by atomic mass is 79.9. The first-order chi connectivity index (χ1) is 10.0. The molecular weight excluding hydrogens is 340 g/mol. The standard InChI is InChI=1S/C15H18BrF2N3/c1-3-6-19-14(15-12(16)9-20-21(15)2)7-10-4-5-11(17)8-13(10)18/h4-5,8-9,14,19H,3,6-7H2,1-2H3. The molecular formula is C15H18BrF2N3. The Kier molecular flexibility index (Phi) is 5.47. The third-order valence-electron chi connectivity index (χ3n) is 3.35. The summed E-state index contributed by atoms with van der Waals surface area (Å²) in [6, 6.07) is 3.61. The van der Waals surface area contributed by atoms with Crippen molar-refractivity contribution in [2.75, 3.05) is 6.54 Å². The number of hydrogen-bond acceptors (Lipinski definition) is 2. The molecule has 3 nitrogen and oxygen atoms in total. The lowest BCUT2D eigenvalue weighted by molar-refractivity contribution is 0.479. The van der Waals surface area contributed by atoms with E-state index in [-0.39, 0.29) is 6.04 Å². The fraction of sp³-hybridized carbons (Fsp3) is 0.400. The zero-order valence-corrected chi connectivity index (χ0v) is 13.6. The Labute approximate surface area is 131 Å². The number of nitrogens with zero attached hydrogens (tertiary/aromatic N) is 2. The van der Waals surface area contributed by atoms with Crippen LogP contribution in [-0.4, -0.2) is 16.3 Å². The molecule has 114 valence electrons. The molecule has 0 radical (unpaired) electrons. The molecule has 0 bridgehead atoms. The maximum atomic E-state index is 13.9. The van der Waals surface area contributed by atoms with E-state index in [1.807, 2.05) is 7.05 Å². The second-order valence-corrected chi connectivity index (χ2v) is 5.80. The van der Waals surface area contributed by atoms with Gasteiger partial charge >= 0.3 is 0 Å². The van der Waals surface area contributed by atoms with E-state index < -0.39 is 11.6 Å². The maximum absolute atomic E-state index is 13.9. The molecule has 1 N–H and O–H groups in total. The third kappa shape index (κ3) is 3.89. The van der Waals surface area contributed by atoms with Crippen molar-refractivity contribution >= 4 is 15.9 Å². The molecule has 1 aromatic carbocycles. The van der Waals surface area contributed by atoms with Gasteiger partial charge in [-0.1, -0.05) is 13.0 Å². The summed E-state index contributed by atoms with van der Waals surface area (Å²) in [5, 5.41) is 7.59. The summed E-state index contributed by atoms with van der Waals surface area (Å²) in [5.74, 6) is -1.08. The van der Waals surface area contributed by atoms with Gasteiger partial charge in [-0.3, -0.25) is 4.68 Å². The van der Waals surface area contributed by atoms with Crippen LogP contribution in [0, 0.1) is 11.6 Å². The summed E-state index contributed by atoms with van der Waals surface area (Å²) >= 11 is 3.48. The molecule has 0 saturated heterocycles. The van der Waals surface area contributed by atoms with Gasteiger partial charge in [0.05, 0.1) is 22.4 Å². The highest BCUT2D eigenvalue weighted by Crippen LogP contribution is 2.26. The highest BCUT2D eigenvalue weighted by molar-refractivity contribution is 9.10. The number of nitrogens with one attached hydrogen (secondary N) is 1. The van der Waals surface area contributed by atoms with Gasteiger partial charge in [-0.15, -0.1) is 0 Å². The summed E-state index contributed by atoms with van der Waals surface area (Å²) < 4.78 is 29.5. The summed E-state index contributed by atoms with van der Waals surface area (Å²) in [6.45, 7) is 2.88. The van der Waals surface area contributed by atoms with Crippen LogP contribution in [0.3, 0.4) is 0 Å². The van der Waals surface area contributed by atoms with Crippen molar-refractivity contribution in [1.29, 1.82) is 0 Å². The van der Waals surface area contributed by atoms with Crippen LogP contribution in [-0.2, 0) is 13.5 Å². The molecule has 0 spiro atoms. The molecule has 1 heterocycles. The molecule has 2 rings (SSSR count). The second-order valence-electron chi connectivity index (χ2n) is 4.95. The van der Waals surface area contributed by atoms with Crippen molar-refractivity contribution in [1.82, 2.24) is 15.1 Å². The van der Waals surface area contributed by atoms with Crippen molar-refractivity contribution < 1.29 is 8.78 Å². The molecule has 0 aliphatic carbocycles. The predicted octanol–water partition coefficient (Wildman–Crippen LogP) is 3.74. The second kappa shape index (κ2) is 7.13. The highest BCUT2D eigenvalue weighted by Gasteiger charge is 2.20. The molecule has 0 aliphatic rings. The minimum Gasteiger partial charge on any atom is -0.308 e. The first-order valence-corrected chi connectivity index (χ1v) is 7.67. The van der Waals surface area contributed by atoms with E-state index in [2.05, 4.69) is 33.3 Å². The van der Waals surface area contributed by atoms with Crippen LogP contribution in [0.1, 0.15) is 30.6 Å². The molecule has 1 aromatic heterocycles. The third-order valence-corrected chi connectivity index (χ3v) is 3.96. The number of hydrogen-bond donors (Lipinski definition) is 1. The molecule has 21 heavy (non-hydrogen) atoms. The van der Waals surface area contributed by atoms with Crippen molar-refractivity contribution in [3.8, 4) is 0 Å². The number of benzene rings is 1. The van der Waals surface area contributed by atoms with Gasteiger partial charge in [0.15, 0.2) is 0 Å². The largest absolute Gasteiger partial charge is 0.308 e. The fourth-order valence-electron chi connectivity index (χ4n) is 2.30. The van der Waals surface area contributed by atoms with E-state index >= 15 is 0 Å². The van der Waals surface area contributed by atoms with Crippen molar-refractivity contribution in [3.63, 3.8) is 0 Å². The average molecular weight is 358 g/mol. The van der Waals surface area contributed by atoms with Crippen LogP contribution in [0.2, 0.25) is 0 Å². The fourth-order valence-corrected chi connectivity index (χ4v) is 2.93. The SMILES string of the molecule is CCCNC(Cc1ccc(F)cc1F)c1c(Br)cnn1C. The number of aromatic nitrogens is 2. The number of aryl methyl sites for hydroxylation is 1. The lowest BCUT2D eigenvalue weighted by Gasteiger charge is -2.20. The maximum Gasteiger partial charge on any atom is 0.129 e. The Bertz CT molecular complexity index is 593. The van der Waals surface area contributed by atoms with E-state index in [1.165, 1.54) is 12.1 Å².